The van der Waals surface area contributed by atoms with E-state index in [1.165, 1.54) is 11.1 Å². The number of thioether (sulfide) groups is 1. The van der Waals surface area contributed by atoms with E-state index in [1.54, 1.807) is 11.8 Å². The standard InChI is InChI=1S/C13H13N3OS2/c1-19-11-5-2-9(3-6-11)12-7-4-10(17-12)8-15-16-13(14)18/h2-8H,1H3,(H3,14,16,18). The number of hydrogen-bond donors (Lipinski definition) is 2. The molecule has 0 amide bonds. The van der Waals surface area contributed by atoms with Gasteiger partial charge in [-0.05, 0) is 42.7 Å². The number of hydrazone groups is 1. The van der Waals surface area contributed by atoms with Crippen LogP contribution >= 0.6 is 24.0 Å². The van der Waals surface area contributed by atoms with Crippen LogP contribution in [-0.4, -0.2) is 17.6 Å². The predicted molar refractivity (Wildman–Crippen MR) is 83.4 cm³/mol. The van der Waals surface area contributed by atoms with Crippen molar-refractivity contribution in [1.29, 1.82) is 0 Å². The van der Waals surface area contributed by atoms with Crippen molar-refractivity contribution in [3.8, 4) is 11.3 Å². The molecule has 0 atom stereocenters. The average Bonchev–Trinajstić information content (AvgIpc) is 2.87. The molecule has 0 saturated heterocycles. The van der Waals surface area contributed by atoms with Gasteiger partial charge in [-0.1, -0.05) is 12.1 Å². The number of nitrogens with zero attached hydrogens (tertiary/aromatic N) is 1. The highest BCUT2D eigenvalue weighted by atomic mass is 32.2. The van der Waals surface area contributed by atoms with E-state index < -0.39 is 0 Å². The molecule has 1 aromatic carbocycles. The monoisotopic (exact) mass is 291 g/mol. The lowest BCUT2D eigenvalue weighted by Gasteiger charge is -1.98. The van der Waals surface area contributed by atoms with Gasteiger partial charge in [0.25, 0.3) is 0 Å². The normalized spacial score (nSPS) is 10.8. The van der Waals surface area contributed by atoms with Crippen LogP contribution in [0.4, 0.5) is 0 Å². The second-order valence-corrected chi connectivity index (χ2v) is 4.98. The molecule has 0 fully saturated rings. The Hall–Kier alpha value is -1.79. The summed E-state index contributed by atoms with van der Waals surface area (Å²) in [5, 5.41) is 3.96. The summed E-state index contributed by atoms with van der Waals surface area (Å²) in [6, 6.07) is 11.9. The molecule has 2 aromatic rings. The second kappa shape index (κ2) is 6.40. The minimum Gasteiger partial charge on any atom is -0.455 e. The Labute approximate surface area is 121 Å². The highest BCUT2D eigenvalue weighted by Crippen LogP contribution is 2.24. The summed E-state index contributed by atoms with van der Waals surface area (Å²) in [6.45, 7) is 0. The zero-order chi connectivity index (χ0) is 13.7. The number of benzene rings is 1. The molecule has 98 valence electrons. The van der Waals surface area contributed by atoms with E-state index >= 15 is 0 Å². The fourth-order valence-electron chi connectivity index (χ4n) is 1.49. The molecular formula is C13H13N3OS2. The van der Waals surface area contributed by atoms with Crippen molar-refractivity contribution < 1.29 is 4.42 Å². The van der Waals surface area contributed by atoms with E-state index in [4.69, 9.17) is 10.2 Å². The molecule has 0 spiro atoms. The van der Waals surface area contributed by atoms with Crippen LogP contribution < -0.4 is 11.2 Å². The molecule has 1 heterocycles. The van der Waals surface area contributed by atoms with Crippen molar-refractivity contribution in [3.63, 3.8) is 0 Å². The molecule has 0 aliphatic rings. The van der Waals surface area contributed by atoms with Gasteiger partial charge < -0.3 is 10.2 Å². The summed E-state index contributed by atoms with van der Waals surface area (Å²) in [4.78, 5) is 1.22. The molecule has 0 unspecified atom stereocenters. The summed E-state index contributed by atoms with van der Waals surface area (Å²) in [5.41, 5.74) is 8.76. The number of rotatable bonds is 4. The fourth-order valence-corrected chi connectivity index (χ4v) is 1.95. The average molecular weight is 291 g/mol. The summed E-state index contributed by atoms with van der Waals surface area (Å²) in [6.07, 6.45) is 3.57. The SMILES string of the molecule is CSc1ccc(-c2ccc(C=NNC(N)=S)o2)cc1. The number of furan rings is 1. The molecule has 0 saturated carbocycles. The van der Waals surface area contributed by atoms with E-state index in [0.29, 0.717) is 5.76 Å². The molecule has 6 heteroatoms. The topological polar surface area (TPSA) is 63.5 Å². The molecule has 0 aliphatic heterocycles. The van der Waals surface area contributed by atoms with Gasteiger partial charge in [0.1, 0.15) is 11.5 Å². The van der Waals surface area contributed by atoms with Gasteiger partial charge in [0.05, 0.1) is 6.21 Å². The van der Waals surface area contributed by atoms with Gasteiger partial charge in [-0.3, -0.25) is 5.43 Å². The summed E-state index contributed by atoms with van der Waals surface area (Å²) < 4.78 is 5.64. The third kappa shape index (κ3) is 3.84. The van der Waals surface area contributed by atoms with Crippen LogP contribution in [-0.2, 0) is 0 Å². The first-order valence-electron chi connectivity index (χ1n) is 5.52. The number of thiocarbonyl (C=S) groups is 1. The van der Waals surface area contributed by atoms with Crippen LogP contribution in [0.2, 0.25) is 0 Å². The Morgan fingerprint density at radius 1 is 1.32 bits per heavy atom. The number of hydrogen-bond acceptors (Lipinski definition) is 4. The van der Waals surface area contributed by atoms with Crippen molar-refractivity contribution in [2.45, 2.75) is 4.90 Å². The molecule has 3 N–H and O–H groups in total. The van der Waals surface area contributed by atoms with E-state index in [2.05, 4.69) is 34.9 Å². The zero-order valence-electron chi connectivity index (χ0n) is 10.3. The van der Waals surface area contributed by atoms with Crippen molar-refractivity contribution >= 4 is 35.3 Å². The molecule has 0 aliphatic carbocycles. The summed E-state index contributed by atoms with van der Waals surface area (Å²) >= 11 is 6.34. The van der Waals surface area contributed by atoms with Crippen LogP contribution in [0.25, 0.3) is 11.3 Å². The maximum Gasteiger partial charge on any atom is 0.184 e. The van der Waals surface area contributed by atoms with Crippen LogP contribution in [0.3, 0.4) is 0 Å². The lowest BCUT2D eigenvalue weighted by Crippen LogP contribution is -2.23. The smallest absolute Gasteiger partial charge is 0.184 e. The fraction of sp³-hybridized carbons (Fsp3) is 0.0769. The van der Waals surface area contributed by atoms with Gasteiger partial charge in [-0.15, -0.1) is 11.8 Å². The third-order valence-electron chi connectivity index (χ3n) is 2.37. The van der Waals surface area contributed by atoms with Gasteiger partial charge in [0, 0.05) is 10.5 Å². The zero-order valence-corrected chi connectivity index (χ0v) is 11.9. The Morgan fingerprint density at radius 3 is 2.68 bits per heavy atom. The number of nitrogens with one attached hydrogen (secondary N) is 1. The second-order valence-electron chi connectivity index (χ2n) is 3.66. The summed E-state index contributed by atoms with van der Waals surface area (Å²) in [7, 11) is 0. The molecule has 2 rings (SSSR count). The van der Waals surface area contributed by atoms with E-state index in [9.17, 15) is 0 Å². The number of nitrogens with two attached hydrogens (primary N) is 1. The molecule has 4 nitrogen and oxygen atoms in total. The van der Waals surface area contributed by atoms with Crippen LogP contribution in [0.15, 0.2) is 50.8 Å². The molecule has 0 radical (unpaired) electrons. The van der Waals surface area contributed by atoms with Gasteiger partial charge in [-0.2, -0.15) is 5.10 Å². The molecule has 0 bridgehead atoms. The highest BCUT2D eigenvalue weighted by Gasteiger charge is 2.03. The van der Waals surface area contributed by atoms with Crippen molar-refractivity contribution in [1.82, 2.24) is 5.43 Å². The molecular weight excluding hydrogens is 278 g/mol. The van der Waals surface area contributed by atoms with Gasteiger partial charge in [0.15, 0.2) is 5.11 Å². The first-order valence-corrected chi connectivity index (χ1v) is 7.15. The largest absolute Gasteiger partial charge is 0.455 e. The summed E-state index contributed by atoms with van der Waals surface area (Å²) in [5.74, 6) is 1.43. The maximum atomic E-state index is 5.64. The quantitative estimate of drug-likeness (QED) is 0.392. The van der Waals surface area contributed by atoms with Crippen molar-refractivity contribution in [2.75, 3.05) is 6.26 Å². The van der Waals surface area contributed by atoms with Crippen LogP contribution in [0.5, 0.6) is 0 Å². The van der Waals surface area contributed by atoms with Crippen molar-refractivity contribution in [3.05, 3.63) is 42.2 Å². The Balaban J connectivity index is 2.11. The first kappa shape index (κ1) is 13.6. The highest BCUT2D eigenvalue weighted by molar-refractivity contribution is 7.98. The van der Waals surface area contributed by atoms with E-state index in [0.717, 1.165) is 11.3 Å². The first-order chi connectivity index (χ1) is 9.19. The van der Waals surface area contributed by atoms with E-state index in [1.807, 2.05) is 30.5 Å². The van der Waals surface area contributed by atoms with Crippen LogP contribution in [0.1, 0.15) is 5.76 Å². The van der Waals surface area contributed by atoms with Gasteiger partial charge >= 0.3 is 0 Å². The minimum absolute atomic E-state index is 0.121. The van der Waals surface area contributed by atoms with Crippen molar-refractivity contribution in [2.24, 2.45) is 10.8 Å². The minimum atomic E-state index is 0.121. The Bertz CT molecular complexity index is 590. The lowest BCUT2D eigenvalue weighted by atomic mass is 10.2. The Kier molecular flexibility index (Phi) is 4.59. The lowest BCUT2D eigenvalue weighted by molar-refractivity contribution is 0.574. The van der Waals surface area contributed by atoms with Gasteiger partial charge in [-0.25, -0.2) is 0 Å². The predicted octanol–water partition coefficient (Wildman–Crippen LogP) is 2.84. The van der Waals surface area contributed by atoms with Crippen LogP contribution in [0, 0.1) is 0 Å². The Morgan fingerprint density at radius 2 is 2.05 bits per heavy atom. The van der Waals surface area contributed by atoms with Gasteiger partial charge in [0.2, 0.25) is 0 Å². The maximum absolute atomic E-state index is 5.64. The molecule has 1 aromatic heterocycles. The third-order valence-corrected chi connectivity index (χ3v) is 3.20. The molecule has 19 heavy (non-hydrogen) atoms. The van der Waals surface area contributed by atoms with E-state index in [-0.39, 0.29) is 5.11 Å².